The highest BCUT2D eigenvalue weighted by Gasteiger charge is 2.29. The Morgan fingerprint density at radius 3 is 2.10 bits per heavy atom. The Morgan fingerprint density at radius 2 is 1.50 bits per heavy atom. The average molecular weight is 551 g/mol. The first kappa shape index (κ1) is 26.7. The molecule has 0 bridgehead atoms. The highest BCUT2D eigenvalue weighted by atomic mass is 32.1. The Kier molecular flexibility index (Phi) is 7.93. The molecule has 0 aliphatic carbocycles. The van der Waals surface area contributed by atoms with E-state index in [9.17, 15) is 19.7 Å². The molecule has 1 heterocycles. The first-order valence-electron chi connectivity index (χ1n) is 12.7. The number of aryl methyl sites for hydroxylation is 1. The van der Waals surface area contributed by atoms with E-state index in [0.717, 1.165) is 26.9 Å². The van der Waals surface area contributed by atoms with Crippen molar-refractivity contribution in [2.45, 2.75) is 25.3 Å². The number of thiazole rings is 1. The minimum absolute atomic E-state index is 0.0493. The number of non-ortho nitro benzene ring substituents is 1. The van der Waals surface area contributed by atoms with Crippen LogP contribution in [0.1, 0.15) is 28.2 Å². The second kappa shape index (κ2) is 11.9. The molecule has 40 heavy (non-hydrogen) atoms. The number of nitrogens with zero attached hydrogens (tertiary/aromatic N) is 2. The number of nitro benzene ring substituents is 1. The van der Waals surface area contributed by atoms with Crippen LogP contribution < -0.4 is 10.6 Å². The van der Waals surface area contributed by atoms with Crippen molar-refractivity contribution < 1.29 is 14.5 Å². The Labute approximate surface area is 234 Å². The van der Waals surface area contributed by atoms with Gasteiger partial charge in [-0.2, -0.15) is 0 Å². The van der Waals surface area contributed by atoms with Gasteiger partial charge in [-0.25, -0.2) is 4.98 Å². The van der Waals surface area contributed by atoms with Crippen LogP contribution in [-0.4, -0.2) is 27.8 Å². The molecule has 1 atom stereocenters. The van der Waals surface area contributed by atoms with Crippen molar-refractivity contribution in [2.75, 3.05) is 5.32 Å². The van der Waals surface area contributed by atoms with Crippen LogP contribution in [0.5, 0.6) is 0 Å². The Morgan fingerprint density at radius 1 is 0.875 bits per heavy atom. The molecule has 0 unspecified atom stereocenters. The van der Waals surface area contributed by atoms with Crippen molar-refractivity contribution in [1.82, 2.24) is 10.3 Å². The van der Waals surface area contributed by atoms with E-state index in [1.807, 2.05) is 85.8 Å². The topological polar surface area (TPSA) is 114 Å². The summed E-state index contributed by atoms with van der Waals surface area (Å²) in [5, 5.41) is 17.4. The van der Waals surface area contributed by atoms with Crippen LogP contribution >= 0.6 is 11.3 Å². The van der Waals surface area contributed by atoms with Gasteiger partial charge in [0, 0.05) is 18.6 Å². The molecule has 0 spiro atoms. The molecule has 0 fully saturated rings. The second-order valence-corrected chi connectivity index (χ2v) is 10.5. The third kappa shape index (κ3) is 6.22. The fourth-order valence-corrected chi connectivity index (χ4v) is 5.48. The quantitative estimate of drug-likeness (QED) is 0.172. The fraction of sp³-hybridized carbons (Fsp3) is 0.129. The van der Waals surface area contributed by atoms with Crippen molar-refractivity contribution in [3.05, 3.63) is 135 Å². The van der Waals surface area contributed by atoms with Gasteiger partial charge in [0.05, 0.1) is 21.1 Å². The van der Waals surface area contributed by atoms with Gasteiger partial charge in [-0.3, -0.25) is 19.7 Å². The maximum Gasteiger partial charge on any atom is 0.269 e. The van der Waals surface area contributed by atoms with Gasteiger partial charge in [0.1, 0.15) is 6.04 Å². The predicted molar refractivity (Wildman–Crippen MR) is 156 cm³/mol. The smallest absolute Gasteiger partial charge is 0.269 e. The molecule has 0 aliphatic heterocycles. The van der Waals surface area contributed by atoms with E-state index >= 15 is 0 Å². The lowest BCUT2D eigenvalue weighted by Crippen LogP contribution is -2.47. The van der Waals surface area contributed by atoms with E-state index < -0.39 is 22.8 Å². The van der Waals surface area contributed by atoms with Crippen molar-refractivity contribution in [3.8, 4) is 0 Å². The van der Waals surface area contributed by atoms with Crippen LogP contribution in [0.25, 0.3) is 10.2 Å². The minimum Gasteiger partial charge on any atom is -0.343 e. The number of nitro groups is 1. The normalized spacial score (nSPS) is 11.8. The summed E-state index contributed by atoms with van der Waals surface area (Å²) in [4.78, 5) is 42.6. The van der Waals surface area contributed by atoms with Crippen LogP contribution in [0.3, 0.4) is 0 Å². The van der Waals surface area contributed by atoms with E-state index in [1.54, 1.807) is 12.1 Å². The molecule has 2 N–H and O–H groups in total. The molecule has 0 saturated heterocycles. The van der Waals surface area contributed by atoms with Crippen molar-refractivity contribution in [1.29, 1.82) is 0 Å². The number of nitrogens with one attached hydrogen (secondary N) is 2. The SMILES string of the molecule is Cc1ccc2nc(NC(=O)[C@@H](Cc3ccc([N+](=O)[O-])cc3)NC(=O)C(c3ccccc3)c3ccccc3)sc2c1. The summed E-state index contributed by atoms with van der Waals surface area (Å²) < 4.78 is 0.944. The number of rotatable bonds is 9. The largest absolute Gasteiger partial charge is 0.343 e. The maximum atomic E-state index is 13.8. The highest BCUT2D eigenvalue weighted by Crippen LogP contribution is 2.28. The first-order valence-corrected chi connectivity index (χ1v) is 13.5. The number of anilines is 1. The number of fused-ring (bicyclic) bond motifs is 1. The number of benzene rings is 4. The monoisotopic (exact) mass is 550 g/mol. The molecule has 5 rings (SSSR count). The number of hydrogen-bond donors (Lipinski definition) is 2. The standard InChI is InChI=1S/C31H26N4O4S/c1-20-12-17-25-27(18-20)40-31(33-25)34-29(36)26(19-21-13-15-24(16-14-21)35(38)39)32-30(37)28(22-8-4-2-5-9-22)23-10-6-3-7-11-23/h2-18,26,28H,19H2,1H3,(H,32,37)(H,33,34,36)/t26-/m1/s1. The number of amides is 2. The van der Waals surface area contributed by atoms with Gasteiger partial charge in [0.2, 0.25) is 11.8 Å². The zero-order valence-electron chi connectivity index (χ0n) is 21.6. The van der Waals surface area contributed by atoms with Gasteiger partial charge < -0.3 is 10.6 Å². The van der Waals surface area contributed by atoms with E-state index in [4.69, 9.17) is 0 Å². The minimum atomic E-state index is -0.961. The average Bonchev–Trinajstić information content (AvgIpc) is 3.35. The molecule has 4 aromatic carbocycles. The van der Waals surface area contributed by atoms with E-state index in [2.05, 4.69) is 15.6 Å². The van der Waals surface area contributed by atoms with Crippen LogP contribution in [0.4, 0.5) is 10.8 Å². The molecule has 9 heteroatoms. The second-order valence-electron chi connectivity index (χ2n) is 9.42. The molecule has 1 aromatic heterocycles. The highest BCUT2D eigenvalue weighted by molar-refractivity contribution is 7.22. The molecule has 0 saturated carbocycles. The van der Waals surface area contributed by atoms with Crippen LogP contribution in [0.2, 0.25) is 0 Å². The summed E-state index contributed by atoms with van der Waals surface area (Å²) >= 11 is 1.36. The summed E-state index contributed by atoms with van der Waals surface area (Å²) in [7, 11) is 0. The summed E-state index contributed by atoms with van der Waals surface area (Å²) in [5.41, 5.74) is 4.07. The zero-order chi connectivity index (χ0) is 28.1. The molecule has 200 valence electrons. The fourth-order valence-electron chi connectivity index (χ4n) is 4.52. The van der Waals surface area contributed by atoms with Crippen LogP contribution in [0, 0.1) is 17.0 Å². The van der Waals surface area contributed by atoms with Gasteiger partial charge in [-0.05, 0) is 41.3 Å². The third-order valence-corrected chi connectivity index (χ3v) is 7.46. The Bertz CT molecular complexity index is 1610. The summed E-state index contributed by atoms with van der Waals surface area (Å²) in [6.45, 7) is 1.99. The predicted octanol–water partition coefficient (Wildman–Crippen LogP) is 6.01. The maximum absolute atomic E-state index is 13.8. The molecule has 2 amide bonds. The summed E-state index contributed by atoms with van der Waals surface area (Å²) in [6, 6.07) is 29.6. The van der Waals surface area contributed by atoms with Crippen molar-refractivity contribution in [3.63, 3.8) is 0 Å². The van der Waals surface area contributed by atoms with Crippen molar-refractivity contribution >= 4 is 44.2 Å². The van der Waals surface area contributed by atoms with Gasteiger partial charge in [0.15, 0.2) is 5.13 Å². The van der Waals surface area contributed by atoms with Crippen molar-refractivity contribution in [2.24, 2.45) is 0 Å². The number of aromatic nitrogens is 1. The van der Waals surface area contributed by atoms with Gasteiger partial charge >= 0.3 is 0 Å². The molecule has 5 aromatic rings. The number of carbonyl (C=O) groups excluding carboxylic acids is 2. The van der Waals surface area contributed by atoms with E-state index in [-0.39, 0.29) is 18.0 Å². The number of carbonyl (C=O) groups is 2. The summed E-state index contributed by atoms with van der Waals surface area (Å²) in [6.07, 6.45) is 0.135. The Balaban J connectivity index is 1.44. The van der Waals surface area contributed by atoms with Gasteiger partial charge in [0.25, 0.3) is 5.69 Å². The third-order valence-electron chi connectivity index (χ3n) is 6.52. The van der Waals surface area contributed by atoms with E-state index in [0.29, 0.717) is 10.7 Å². The summed E-state index contributed by atoms with van der Waals surface area (Å²) in [5.74, 6) is -1.40. The zero-order valence-corrected chi connectivity index (χ0v) is 22.4. The first-order chi connectivity index (χ1) is 19.4. The lowest BCUT2D eigenvalue weighted by molar-refractivity contribution is -0.384. The molecular weight excluding hydrogens is 524 g/mol. The molecule has 8 nitrogen and oxygen atoms in total. The lowest BCUT2D eigenvalue weighted by atomic mass is 9.90. The van der Waals surface area contributed by atoms with E-state index in [1.165, 1.54) is 23.5 Å². The molecule has 0 aliphatic rings. The van der Waals surface area contributed by atoms with Gasteiger partial charge in [-0.15, -0.1) is 0 Å². The lowest BCUT2D eigenvalue weighted by Gasteiger charge is -2.23. The number of hydrogen-bond acceptors (Lipinski definition) is 6. The van der Waals surface area contributed by atoms with Gasteiger partial charge in [-0.1, -0.05) is 90.2 Å². The van der Waals surface area contributed by atoms with Crippen LogP contribution in [-0.2, 0) is 16.0 Å². The molecule has 0 radical (unpaired) electrons. The molecular formula is C31H26N4O4S. The van der Waals surface area contributed by atoms with Crippen LogP contribution in [0.15, 0.2) is 103 Å². The Hall–Kier alpha value is -4.89.